The predicted molar refractivity (Wildman–Crippen MR) is 102 cm³/mol. The number of aryl methyl sites for hydroxylation is 1. The fourth-order valence-corrected chi connectivity index (χ4v) is 3.25. The highest BCUT2D eigenvalue weighted by Crippen LogP contribution is 2.26. The zero-order chi connectivity index (χ0) is 21.0. The van der Waals surface area contributed by atoms with Gasteiger partial charge in [-0.15, -0.1) is 0 Å². The van der Waals surface area contributed by atoms with Crippen LogP contribution in [0.3, 0.4) is 0 Å². The summed E-state index contributed by atoms with van der Waals surface area (Å²) in [6.45, 7) is -1.04. The molecule has 0 aromatic heterocycles. The number of ether oxygens (including phenoxy) is 2. The highest BCUT2D eigenvalue weighted by Gasteiger charge is 2.47. The zero-order valence-electron chi connectivity index (χ0n) is 16.2. The van der Waals surface area contributed by atoms with Crippen molar-refractivity contribution >= 4 is 11.9 Å². The molecule has 154 valence electrons. The van der Waals surface area contributed by atoms with Gasteiger partial charge in [0.2, 0.25) is 0 Å². The predicted octanol–water partition coefficient (Wildman–Crippen LogP) is 3.74. The van der Waals surface area contributed by atoms with Crippen molar-refractivity contribution in [3.8, 4) is 11.5 Å². The van der Waals surface area contributed by atoms with Crippen LogP contribution in [-0.4, -0.2) is 36.1 Å². The summed E-state index contributed by atoms with van der Waals surface area (Å²) in [4.78, 5) is 26.5. The second kappa shape index (κ2) is 8.46. The van der Waals surface area contributed by atoms with Gasteiger partial charge in [-0.1, -0.05) is 24.3 Å². The number of rotatable bonds is 8. The minimum Gasteiger partial charge on any atom is -0.497 e. The monoisotopic (exact) mass is 404 g/mol. The molecular weight excluding hydrogens is 382 g/mol. The molecule has 2 aromatic carbocycles. The van der Waals surface area contributed by atoms with Crippen molar-refractivity contribution in [2.75, 3.05) is 7.11 Å². The number of nitrogens with zero attached hydrogens (tertiary/aromatic N) is 1. The second-order valence-electron chi connectivity index (χ2n) is 7.03. The highest BCUT2D eigenvalue weighted by molar-refractivity contribution is 6.06. The number of carbonyl (C=O) groups is 2. The number of hydrogen-bond donors (Lipinski definition) is 1. The number of halogens is 2. The Bertz CT molecular complexity index is 889. The van der Waals surface area contributed by atoms with Crippen molar-refractivity contribution in [3.63, 3.8) is 0 Å². The summed E-state index contributed by atoms with van der Waals surface area (Å²) in [7, 11) is 1.55. The van der Waals surface area contributed by atoms with Gasteiger partial charge in [-0.2, -0.15) is 8.78 Å². The number of imide groups is 1. The molecule has 8 heteroatoms. The van der Waals surface area contributed by atoms with E-state index >= 15 is 0 Å². The molecule has 3 amide bonds. The quantitative estimate of drug-likeness (QED) is 0.681. The van der Waals surface area contributed by atoms with Gasteiger partial charge in [-0.05, 0) is 55.2 Å². The molecule has 1 aliphatic rings. The summed E-state index contributed by atoms with van der Waals surface area (Å²) >= 11 is 0. The maximum Gasteiger partial charge on any atom is 0.387 e. The molecule has 29 heavy (non-hydrogen) atoms. The SMILES string of the molecule is COc1cccc(CN2C(=O)NC(C)(CCc3ccc(OC(F)F)cc3)C2=O)c1. The Morgan fingerprint density at radius 2 is 1.79 bits per heavy atom. The lowest BCUT2D eigenvalue weighted by Gasteiger charge is -2.22. The number of carbonyl (C=O) groups excluding carboxylic acids is 2. The smallest absolute Gasteiger partial charge is 0.387 e. The van der Waals surface area contributed by atoms with Gasteiger partial charge in [0.1, 0.15) is 17.0 Å². The lowest BCUT2D eigenvalue weighted by Crippen LogP contribution is -2.44. The molecule has 0 spiro atoms. The Labute approximate surface area is 167 Å². The number of urea groups is 1. The van der Waals surface area contributed by atoms with Crippen LogP contribution in [0.4, 0.5) is 13.6 Å². The lowest BCUT2D eigenvalue weighted by molar-refractivity contribution is -0.131. The van der Waals surface area contributed by atoms with E-state index in [1.807, 2.05) is 6.07 Å². The third-order valence-electron chi connectivity index (χ3n) is 4.88. The molecule has 3 rings (SSSR count). The van der Waals surface area contributed by atoms with Crippen LogP contribution in [0.25, 0.3) is 0 Å². The van der Waals surface area contributed by atoms with Crippen LogP contribution in [0.2, 0.25) is 0 Å². The van der Waals surface area contributed by atoms with Crippen molar-refractivity contribution < 1.29 is 27.8 Å². The summed E-state index contributed by atoms with van der Waals surface area (Å²) in [5.74, 6) is 0.421. The van der Waals surface area contributed by atoms with Crippen molar-refractivity contribution in [1.82, 2.24) is 10.2 Å². The van der Waals surface area contributed by atoms with Crippen LogP contribution >= 0.6 is 0 Å². The van der Waals surface area contributed by atoms with Crippen LogP contribution in [0.1, 0.15) is 24.5 Å². The Hall–Kier alpha value is -3.16. The Morgan fingerprint density at radius 3 is 2.45 bits per heavy atom. The van der Waals surface area contributed by atoms with Gasteiger partial charge in [-0.25, -0.2) is 4.79 Å². The standard InChI is InChI=1S/C21H22F2N2O4/c1-21(11-10-14-6-8-16(9-7-14)29-19(22)23)18(26)25(20(27)24-21)13-15-4-3-5-17(12-15)28-2/h3-9,12,19H,10-11,13H2,1-2H3,(H,24,27). The lowest BCUT2D eigenvalue weighted by atomic mass is 9.93. The average Bonchev–Trinajstić information content (AvgIpc) is 2.91. The van der Waals surface area contributed by atoms with Crippen LogP contribution in [-0.2, 0) is 17.8 Å². The van der Waals surface area contributed by atoms with E-state index < -0.39 is 18.2 Å². The number of alkyl halides is 2. The molecule has 1 saturated heterocycles. The zero-order valence-corrected chi connectivity index (χ0v) is 16.2. The van der Waals surface area contributed by atoms with Crippen LogP contribution < -0.4 is 14.8 Å². The summed E-state index contributed by atoms with van der Waals surface area (Å²) in [5, 5.41) is 2.77. The van der Waals surface area contributed by atoms with Crippen molar-refractivity contribution in [3.05, 3.63) is 59.7 Å². The number of methoxy groups -OCH3 is 1. The first-order valence-electron chi connectivity index (χ1n) is 9.11. The third-order valence-corrected chi connectivity index (χ3v) is 4.88. The van der Waals surface area contributed by atoms with Gasteiger partial charge in [0, 0.05) is 0 Å². The molecule has 1 N–H and O–H groups in total. The molecule has 1 heterocycles. The fraction of sp³-hybridized carbons (Fsp3) is 0.333. The van der Waals surface area contributed by atoms with E-state index in [-0.39, 0.29) is 18.2 Å². The first-order chi connectivity index (χ1) is 13.8. The molecule has 1 atom stereocenters. The van der Waals surface area contributed by atoms with Crippen molar-refractivity contribution in [1.29, 1.82) is 0 Å². The molecule has 6 nitrogen and oxygen atoms in total. The first-order valence-corrected chi connectivity index (χ1v) is 9.11. The van der Waals surface area contributed by atoms with Gasteiger partial charge in [0.15, 0.2) is 0 Å². The third kappa shape index (κ3) is 4.82. The molecule has 1 fully saturated rings. The molecular formula is C21H22F2N2O4. The van der Waals surface area contributed by atoms with E-state index in [2.05, 4.69) is 10.1 Å². The second-order valence-corrected chi connectivity index (χ2v) is 7.03. The van der Waals surface area contributed by atoms with Gasteiger partial charge in [0.25, 0.3) is 5.91 Å². The molecule has 2 aromatic rings. The van der Waals surface area contributed by atoms with Gasteiger partial charge in [-0.3, -0.25) is 9.69 Å². The number of nitrogens with one attached hydrogen (secondary N) is 1. The Balaban J connectivity index is 1.64. The molecule has 0 saturated carbocycles. The first kappa shape index (κ1) is 20.6. The van der Waals surface area contributed by atoms with E-state index in [1.54, 1.807) is 44.4 Å². The summed E-state index contributed by atoms with van der Waals surface area (Å²) in [6.07, 6.45) is 0.867. The molecule has 1 aliphatic heterocycles. The van der Waals surface area contributed by atoms with Gasteiger partial charge >= 0.3 is 12.6 Å². The minimum absolute atomic E-state index is 0.0738. The van der Waals surface area contributed by atoms with Crippen LogP contribution in [0, 0.1) is 0 Å². The summed E-state index contributed by atoms with van der Waals surface area (Å²) < 4.78 is 34.0. The maximum atomic E-state index is 12.9. The van der Waals surface area contributed by atoms with Gasteiger partial charge < -0.3 is 14.8 Å². The maximum absolute atomic E-state index is 12.9. The number of hydrogen-bond acceptors (Lipinski definition) is 4. The molecule has 1 unspecified atom stereocenters. The molecule has 0 bridgehead atoms. The van der Waals surface area contributed by atoms with E-state index in [0.717, 1.165) is 11.1 Å². The molecule has 0 radical (unpaired) electrons. The average molecular weight is 404 g/mol. The normalized spacial score (nSPS) is 18.9. The van der Waals surface area contributed by atoms with Crippen LogP contribution in [0.15, 0.2) is 48.5 Å². The Morgan fingerprint density at radius 1 is 1.07 bits per heavy atom. The Kier molecular flexibility index (Phi) is 6.00. The van der Waals surface area contributed by atoms with E-state index in [9.17, 15) is 18.4 Å². The molecule has 0 aliphatic carbocycles. The highest BCUT2D eigenvalue weighted by atomic mass is 19.3. The summed E-state index contributed by atoms with van der Waals surface area (Å²) in [5.41, 5.74) is 0.599. The summed E-state index contributed by atoms with van der Waals surface area (Å²) in [6, 6.07) is 13.0. The van der Waals surface area contributed by atoms with E-state index in [1.165, 1.54) is 17.0 Å². The topological polar surface area (TPSA) is 67.9 Å². The van der Waals surface area contributed by atoms with E-state index in [4.69, 9.17) is 4.74 Å². The fourth-order valence-electron chi connectivity index (χ4n) is 3.25. The van der Waals surface area contributed by atoms with E-state index in [0.29, 0.717) is 18.6 Å². The largest absolute Gasteiger partial charge is 0.497 e. The number of amides is 3. The van der Waals surface area contributed by atoms with Crippen molar-refractivity contribution in [2.24, 2.45) is 0 Å². The van der Waals surface area contributed by atoms with Gasteiger partial charge in [0.05, 0.1) is 13.7 Å². The minimum atomic E-state index is -2.87. The van der Waals surface area contributed by atoms with Crippen molar-refractivity contribution in [2.45, 2.75) is 38.5 Å². The number of benzene rings is 2. The van der Waals surface area contributed by atoms with Crippen LogP contribution in [0.5, 0.6) is 11.5 Å².